The predicted octanol–water partition coefficient (Wildman–Crippen LogP) is 6.70. The van der Waals surface area contributed by atoms with Crippen molar-refractivity contribution < 1.29 is 9.90 Å². The van der Waals surface area contributed by atoms with Gasteiger partial charge in [-0.2, -0.15) is 0 Å². The second kappa shape index (κ2) is 20.9. The van der Waals surface area contributed by atoms with Crippen LogP contribution in [0.4, 0.5) is 0 Å². The molecule has 0 aliphatic heterocycles. The first-order valence-electron chi connectivity index (χ1n) is 10.4. The van der Waals surface area contributed by atoms with Gasteiger partial charge in [0.05, 0.1) is 6.61 Å². The molecule has 2 nitrogen and oxygen atoms in total. The lowest BCUT2D eigenvalue weighted by Crippen LogP contribution is -1.86. The average molecular weight is 349 g/mol. The van der Waals surface area contributed by atoms with Crippen LogP contribution in [-0.4, -0.2) is 17.5 Å². The molecular formula is C23H40O2. The second-order valence-corrected chi connectivity index (χ2v) is 6.76. The van der Waals surface area contributed by atoms with Crippen LogP contribution in [0.3, 0.4) is 0 Å². The molecule has 0 spiro atoms. The third-order valence-electron chi connectivity index (χ3n) is 4.30. The Balaban J connectivity index is 3.23. The van der Waals surface area contributed by atoms with Crippen LogP contribution in [0.15, 0.2) is 36.5 Å². The molecule has 0 bridgehead atoms. The van der Waals surface area contributed by atoms with Crippen molar-refractivity contribution in [3.63, 3.8) is 0 Å². The molecule has 0 saturated heterocycles. The SMILES string of the molecule is CCCCCCC=CCCCCCCCCCC=CC(=O)C=CCO. The highest BCUT2D eigenvalue weighted by molar-refractivity contribution is 5.99. The number of hydrogen-bond donors (Lipinski definition) is 1. The Kier molecular flexibility index (Phi) is 19.9. The lowest BCUT2D eigenvalue weighted by atomic mass is 10.1. The number of rotatable bonds is 18. The van der Waals surface area contributed by atoms with Crippen LogP contribution in [0, 0.1) is 0 Å². The summed E-state index contributed by atoms with van der Waals surface area (Å²) in [6.45, 7) is 2.18. The van der Waals surface area contributed by atoms with Gasteiger partial charge in [-0.05, 0) is 50.7 Å². The normalized spacial score (nSPS) is 12.1. The van der Waals surface area contributed by atoms with Crippen molar-refractivity contribution in [1.29, 1.82) is 0 Å². The highest BCUT2D eigenvalue weighted by atomic mass is 16.2. The topological polar surface area (TPSA) is 37.3 Å². The van der Waals surface area contributed by atoms with Gasteiger partial charge in [-0.25, -0.2) is 0 Å². The number of hydrogen-bond acceptors (Lipinski definition) is 2. The van der Waals surface area contributed by atoms with Gasteiger partial charge in [-0.15, -0.1) is 0 Å². The van der Waals surface area contributed by atoms with E-state index in [9.17, 15) is 4.79 Å². The summed E-state index contributed by atoms with van der Waals surface area (Å²) in [6, 6.07) is 0. The molecule has 0 aromatic rings. The van der Waals surface area contributed by atoms with Crippen molar-refractivity contribution >= 4 is 5.78 Å². The summed E-state index contributed by atoms with van der Waals surface area (Å²) in [7, 11) is 0. The van der Waals surface area contributed by atoms with E-state index in [1.54, 1.807) is 6.08 Å². The molecule has 0 aliphatic carbocycles. The molecule has 0 aliphatic rings. The minimum Gasteiger partial charge on any atom is -0.392 e. The second-order valence-electron chi connectivity index (χ2n) is 6.76. The quantitative estimate of drug-likeness (QED) is 0.170. The Bertz CT molecular complexity index is 366. The highest BCUT2D eigenvalue weighted by Crippen LogP contribution is 2.10. The Labute approximate surface area is 156 Å². The number of aliphatic hydroxyl groups excluding tert-OH is 1. The summed E-state index contributed by atoms with van der Waals surface area (Å²) < 4.78 is 0. The zero-order valence-corrected chi connectivity index (χ0v) is 16.4. The Morgan fingerprint density at radius 3 is 1.60 bits per heavy atom. The van der Waals surface area contributed by atoms with E-state index in [1.807, 2.05) is 6.08 Å². The van der Waals surface area contributed by atoms with E-state index in [0.29, 0.717) is 0 Å². The van der Waals surface area contributed by atoms with Gasteiger partial charge in [0.15, 0.2) is 5.78 Å². The zero-order valence-electron chi connectivity index (χ0n) is 16.4. The highest BCUT2D eigenvalue weighted by Gasteiger charge is 1.92. The molecule has 0 heterocycles. The molecule has 2 heteroatoms. The summed E-state index contributed by atoms with van der Waals surface area (Å²) in [5, 5.41) is 8.57. The standard InChI is InChI=1S/C23H40O2/c1-2-3-4-5-6-7-8-9-10-11-12-13-14-15-16-17-18-20-23(25)21-19-22-24/h7-8,18-21,24H,2-6,9-17,22H2,1H3. The molecule has 0 fully saturated rings. The number of ketones is 1. The number of allylic oxidation sites excluding steroid dienone is 5. The van der Waals surface area contributed by atoms with Gasteiger partial charge in [-0.3, -0.25) is 4.79 Å². The minimum absolute atomic E-state index is 0.0379. The van der Waals surface area contributed by atoms with E-state index in [2.05, 4.69) is 19.1 Å². The van der Waals surface area contributed by atoms with Crippen LogP contribution in [-0.2, 0) is 4.79 Å². The fourth-order valence-corrected chi connectivity index (χ4v) is 2.76. The molecule has 0 atom stereocenters. The Morgan fingerprint density at radius 2 is 1.08 bits per heavy atom. The maximum atomic E-state index is 11.3. The van der Waals surface area contributed by atoms with Crippen molar-refractivity contribution in [2.45, 2.75) is 96.8 Å². The molecule has 0 radical (unpaired) electrons. The number of unbranched alkanes of at least 4 members (excludes halogenated alkanes) is 12. The average Bonchev–Trinajstić information content (AvgIpc) is 2.62. The van der Waals surface area contributed by atoms with Crippen LogP contribution in [0.1, 0.15) is 96.8 Å². The van der Waals surface area contributed by atoms with Crippen molar-refractivity contribution in [2.24, 2.45) is 0 Å². The first kappa shape index (κ1) is 23.9. The summed E-state index contributed by atoms with van der Waals surface area (Å²) in [5.74, 6) is -0.0379. The molecule has 1 N–H and O–H groups in total. The van der Waals surface area contributed by atoms with Crippen molar-refractivity contribution in [2.75, 3.05) is 6.61 Å². The van der Waals surface area contributed by atoms with Gasteiger partial charge >= 0.3 is 0 Å². The molecule has 25 heavy (non-hydrogen) atoms. The third-order valence-corrected chi connectivity index (χ3v) is 4.30. The van der Waals surface area contributed by atoms with E-state index in [1.165, 1.54) is 89.2 Å². The van der Waals surface area contributed by atoms with Crippen LogP contribution in [0.25, 0.3) is 0 Å². The predicted molar refractivity (Wildman–Crippen MR) is 110 cm³/mol. The smallest absolute Gasteiger partial charge is 0.178 e. The molecule has 0 unspecified atom stereocenters. The van der Waals surface area contributed by atoms with Gasteiger partial charge in [0, 0.05) is 0 Å². The van der Waals surface area contributed by atoms with Gasteiger partial charge in [-0.1, -0.05) is 82.6 Å². The lowest BCUT2D eigenvalue weighted by Gasteiger charge is -2.00. The van der Waals surface area contributed by atoms with Crippen molar-refractivity contribution in [1.82, 2.24) is 0 Å². The van der Waals surface area contributed by atoms with Crippen molar-refractivity contribution in [3.05, 3.63) is 36.5 Å². The lowest BCUT2D eigenvalue weighted by molar-refractivity contribution is -0.110. The molecule has 0 aromatic heterocycles. The largest absolute Gasteiger partial charge is 0.392 e. The van der Waals surface area contributed by atoms with E-state index in [0.717, 1.165) is 12.8 Å². The molecule has 0 aromatic carbocycles. The molecule has 0 amide bonds. The first-order valence-corrected chi connectivity index (χ1v) is 10.4. The van der Waals surface area contributed by atoms with E-state index >= 15 is 0 Å². The Morgan fingerprint density at radius 1 is 0.640 bits per heavy atom. The maximum absolute atomic E-state index is 11.3. The molecule has 144 valence electrons. The van der Waals surface area contributed by atoms with Gasteiger partial charge < -0.3 is 5.11 Å². The van der Waals surface area contributed by atoms with Gasteiger partial charge in [0.1, 0.15) is 0 Å². The maximum Gasteiger partial charge on any atom is 0.178 e. The van der Waals surface area contributed by atoms with Crippen LogP contribution in [0.5, 0.6) is 0 Å². The minimum atomic E-state index is -0.0745. The van der Waals surface area contributed by atoms with Crippen LogP contribution >= 0.6 is 0 Å². The van der Waals surface area contributed by atoms with E-state index in [-0.39, 0.29) is 12.4 Å². The molecule has 0 saturated carbocycles. The summed E-state index contributed by atoms with van der Waals surface area (Å²) in [5.41, 5.74) is 0. The van der Waals surface area contributed by atoms with Crippen LogP contribution in [0.2, 0.25) is 0 Å². The third kappa shape index (κ3) is 20.8. The van der Waals surface area contributed by atoms with E-state index < -0.39 is 0 Å². The summed E-state index contributed by atoms with van der Waals surface area (Å²) in [4.78, 5) is 11.3. The van der Waals surface area contributed by atoms with Gasteiger partial charge in [0.2, 0.25) is 0 Å². The molecule has 0 rings (SSSR count). The number of carbonyl (C=O) groups is 1. The fourth-order valence-electron chi connectivity index (χ4n) is 2.76. The fraction of sp³-hybridized carbons (Fsp3) is 0.696. The number of aliphatic hydroxyl groups is 1. The summed E-state index contributed by atoms with van der Waals surface area (Å²) in [6.07, 6.45) is 29.2. The zero-order chi connectivity index (χ0) is 18.4. The monoisotopic (exact) mass is 348 g/mol. The van der Waals surface area contributed by atoms with Gasteiger partial charge in [0.25, 0.3) is 0 Å². The first-order chi connectivity index (χ1) is 12.3. The van der Waals surface area contributed by atoms with E-state index in [4.69, 9.17) is 5.11 Å². The summed E-state index contributed by atoms with van der Waals surface area (Å²) >= 11 is 0. The Hall–Kier alpha value is -1.15. The van der Waals surface area contributed by atoms with Crippen LogP contribution < -0.4 is 0 Å². The molecular weight excluding hydrogens is 308 g/mol. The van der Waals surface area contributed by atoms with Crippen molar-refractivity contribution in [3.8, 4) is 0 Å². The number of carbonyl (C=O) groups excluding carboxylic acids is 1.